The van der Waals surface area contributed by atoms with Crippen LogP contribution in [-0.2, 0) is 4.79 Å². The molecule has 3 aromatic rings. The fraction of sp³-hybridized carbons (Fsp3) is 0.118. The molecule has 0 radical (unpaired) electrons. The number of hydrogen-bond donors (Lipinski definition) is 1. The minimum atomic E-state index is -0.173. The van der Waals surface area contributed by atoms with E-state index < -0.39 is 0 Å². The van der Waals surface area contributed by atoms with Gasteiger partial charge in [0.15, 0.2) is 10.8 Å². The van der Waals surface area contributed by atoms with Gasteiger partial charge in [0.2, 0.25) is 5.16 Å². The summed E-state index contributed by atoms with van der Waals surface area (Å²) >= 11 is 1.11. The minimum Gasteiger partial charge on any atom is -0.292 e. The molecule has 8 heteroatoms. The average molecular weight is 352 g/mol. The number of ketones is 1. The molecule has 0 spiro atoms. The topological polar surface area (TPSA) is 85.1 Å². The zero-order valence-corrected chi connectivity index (χ0v) is 14.6. The first-order valence-electron chi connectivity index (χ1n) is 7.56. The number of rotatable bonds is 5. The van der Waals surface area contributed by atoms with E-state index in [4.69, 9.17) is 0 Å². The molecule has 0 saturated heterocycles. The molecule has 126 valence electrons. The van der Waals surface area contributed by atoms with Crippen molar-refractivity contribution in [3.63, 3.8) is 0 Å². The number of carbonyl (C=O) groups excluding carboxylic acids is 1. The summed E-state index contributed by atoms with van der Waals surface area (Å²) in [4.78, 5) is 11.9. The highest BCUT2D eigenvalue weighted by molar-refractivity contribution is 8.15. The predicted molar refractivity (Wildman–Crippen MR) is 97.9 cm³/mol. The molecule has 0 unspecified atom stereocenters. The number of aryl methyl sites for hydroxylation is 1. The van der Waals surface area contributed by atoms with Crippen molar-refractivity contribution < 1.29 is 4.79 Å². The lowest BCUT2D eigenvalue weighted by Gasteiger charge is -2.06. The molecule has 0 bridgehead atoms. The number of hydrazone groups is 1. The number of benzene rings is 2. The summed E-state index contributed by atoms with van der Waals surface area (Å²) in [5.74, 6) is -0.173. The first kappa shape index (κ1) is 16.8. The standard InChI is InChI=1S/C17H16N6OS/c1-12-7-6-8-14(11-12)18-19-16(13(2)24)25-17-20-21-22-23(17)15-9-4-3-5-10-15/h3-11,18H,1-2H3/b19-16-. The van der Waals surface area contributed by atoms with E-state index in [0.717, 1.165) is 28.7 Å². The lowest BCUT2D eigenvalue weighted by molar-refractivity contribution is -0.110. The highest BCUT2D eigenvalue weighted by Gasteiger charge is 2.16. The summed E-state index contributed by atoms with van der Waals surface area (Å²) < 4.78 is 1.57. The molecule has 7 nitrogen and oxygen atoms in total. The van der Waals surface area contributed by atoms with Crippen molar-refractivity contribution in [2.45, 2.75) is 19.0 Å². The second-order valence-corrected chi connectivity index (χ2v) is 6.22. The molecule has 0 aliphatic rings. The molecule has 1 N–H and O–H groups in total. The van der Waals surface area contributed by atoms with Crippen LogP contribution in [0.4, 0.5) is 5.69 Å². The third kappa shape index (κ3) is 4.30. The Kier molecular flexibility index (Phi) is 5.20. The Hall–Kier alpha value is -3.00. The van der Waals surface area contributed by atoms with Crippen LogP contribution in [0.15, 0.2) is 64.9 Å². The molecule has 0 amide bonds. The number of carbonyl (C=O) groups is 1. The number of anilines is 1. The van der Waals surface area contributed by atoms with Gasteiger partial charge in [0.25, 0.3) is 0 Å². The van der Waals surface area contributed by atoms with Crippen LogP contribution in [0.1, 0.15) is 12.5 Å². The van der Waals surface area contributed by atoms with E-state index >= 15 is 0 Å². The number of aromatic nitrogens is 4. The monoisotopic (exact) mass is 352 g/mol. The quantitative estimate of drug-likeness (QED) is 0.329. The molecule has 0 saturated carbocycles. The number of nitrogens with zero attached hydrogens (tertiary/aromatic N) is 5. The molecular weight excluding hydrogens is 336 g/mol. The fourth-order valence-corrected chi connectivity index (χ4v) is 2.78. The van der Waals surface area contributed by atoms with Crippen molar-refractivity contribution in [1.29, 1.82) is 0 Å². The SMILES string of the molecule is CC(=O)/C(=N/Nc1cccc(C)c1)Sc1nnnn1-c1ccccc1. The van der Waals surface area contributed by atoms with Crippen LogP contribution in [-0.4, -0.2) is 31.0 Å². The summed E-state index contributed by atoms with van der Waals surface area (Å²) in [5.41, 5.74) is 5.63. The first-order chi connectivity index (χ1) is 12.1. The summed E-state index contributed by atoms with van der Waals surface area (Å²) in [6.07, 6.45) is 0. The summed E-state index contributed by atoms with van der Waals surface area (Å²) in [6, 6.07) is 17.2. The molecule has 25 heavy (non-hydrogen) atoms. The van der Waals surface area contributed by atoms with Crippen LogP contribution in [0.2, 0.25) is 0 Å². The largest absolute Gasteiger partial charge is 0.292 e. The van der Waals surface area contributed by atoms with Gasteiger partial charge in [-0.2, -0.15) is 9.78 Å². The summed E-state index contributed by atoms with van der Waals surface area (Å²) in [6.45, 7) is 3.45. The number of para-hydroxylation sites is 1. The normalized spacial score (nSPS) is 11.4. The van der Waals surface area contributed by atoms with Gasteiger partial charge in [0, 0.05) is 6.92 Å². The van der Waals surface area contributed by atoms with E-state index in [1.54, 1.807) is 4.68 Å². The van der Waals surface area contributed by atoms with E-state index in [0.29, 0.717) is 5.16 Å². The highest BCUT2D eigenvalue weighted by Crippen LogP contribution is 2.20. The molecule has 3 rings (SSSR count). The van der Waals surface area contributed by atoms with Crippen LogP contribution >= 0.6 is 11.8 Å². The molecule has 0 atom stereocenters. The smallest absolute Gasteiger partial charge is 0.220 e. The van der Waals surface area contributed by atoms with Crippen molar-refractivity contribution in [2.75, 3.05) is 5.43 Å². The third-order valence-electron chi connectivity index (χ3n) is 3.24. The molecule has 1 heterocycles. The molecule has 2 aromatic carbocycles. The van der Waals surface area contributed by atoms with Gasteiger partial charge in [0.05, 0.1) is 11.4 Å². The van der Waals surface area contributed by atoms with Gasteiger partial charge in [-0.05, 0) is 58.9 Å². The van der Waals surface area contributed by atoms with Gasteiger partial charge in [-0.15, -0.1) is 5.10 Å². The highest BCUT2D eigenvalue weighted by atomic mass is 32.2. The minimum absolute atomic E-state index is 0.173. The number of hydrogen-bond acceptors (Lipinski definition) is 7. The summed E-state index contributed by atoms with van der Waals surface area (Å²) in [7, 11) is 0. The maximum absolute atomic E-state index is 11.9. The maximum Gasteiger partial charge on any atom is 0.220 e. The zero-order chi connectivity index (χ0) is 17.6. The first-order valence-corrected chi connectivity index (χ1v) is 8.38. The van der Waals surface area contributed by atoms with Gasteiger partial charge >= 0.3 is 0 Å². The van der Waals surface area contributed by atoms with Gasteiger partial charge in [-0.25, -0.2) is 0 Å². The number of tetrazole rings is 1. The Bertz CT molecular complexity index is 906. The Balaban J connectivity index is 1.83. The predicted octanol–water partition coefficient (Wildman–Crippen LogP) is 3.08. The van der Waals surface area contributed by atoms with E-state index in [1.807, 2.05) is 61.5 Å². The second kappa shape index (κ2) is 7.71. The molecule has 0 aliphatic carbocycles. The van der Waals surface area contributed by atoms with Crippen molar-refractivity contribution >= 4 is 28.3 Å². The van der Waals surface area contributed by atoms with E-state index in [1.165, 1.54) is 6.92 Å². The van der Waals surface area contributed by atoms with Crippen molar-refractivity contribution in [2.24, 2.45) is 5.10 Å². The maximum atomic E-state index is 11.9. The summed E-state index contributed by atoms with van der Waals surface area (Å²) in [5, 5.41) is 16.6. The van der Waals surface area contributed by atoms with Crippen molar-refractivity contribution in [3.8, 4) is 5.69 Å². The Morgan fingerprint density at radius 2 is 1.96 bits per heavy atom. The lowest BCUT2D eigenvalue weighted by Crippen LogP contribution is -2.10. The van der Waals surface area contributed by atoms with Crippen LogP contribution in [0.3, 0.4) is 0 Å². The second-order valence-electron chi connectivity index (χ2n) is 5.27. The number of thioether (sulfide) groups is 1. The lowest BCUT2D eigenvalue weighted by atomic mass is 10.2. The van der Waals surface area contributed by atoms with Gasteiger partial charge < -0.3 is 0 Å². The zero-order valence-electron chi connectivity index (χ0n) is 13.7. The fourth-order valence-electron chi connectivity index (χ4n) is 2.06. The molecule has 1 aromatic heterocycles. The number of nitrogens with one attached hydrogen (secondary N) is 1. The van der Waals surface area contributed by atoms with Crippen LogP contribution in [0, 0.1) is 6.92 Å². The van der Waals surface area contributed by atoms with Gasteiger partial charge in [-0.3, -0.25) is 10.2 Å². The van der Waals surface area contributed by atoms with Crippen LogP contribution in [0.5, 0.6) is 0 Å². The Morgan fingerprint density at radius 3 is 2.68 bits per heavy atom. The van der Waals surface area contributed by atoms with Crippen molar-refractivity contribution in [1.82, 2.24) is 20.2 Å². The Morgan fingerprint density at radius 1 is 1.16 bits per heavy atom. The number of Topliss-reactive ketones (excluding diaryl/α,β-unsaturated/α-hetero) is 1. The molecule has 0 aliphatic heterocycles. The van der Waals surface area contributed by atoms with E-state index in [-0.39, 0.29) is 10.8 Å². The average Bonchev–Trinajstić information content (AvgIpc) is 3.07. The van der Waals surface area contributed by atoms with Crippen LogP contribution < -0.4 is 5.43 Å². The van der Waals surface area contributed by atoms with Crippen molar-refractivity contribution in [3.05, 3.63) is 60.2 Å². The van der Waals surface area contributed by atoms with Gasteiger partial charge in [0.1, 0.15) is 0 Å². The van der Waals surface area contributed by atoms with E-state index in [2.05, 4.69) is 26.1 Å². The van der Waals surface area contributed by atoms with Gasteiger partial charge in [-0.1, -0.05) is 30.3 Å². The molecular formula is C17H16N6OS. The Labute approximate surface area is 149 Å². The third-order valence-corrected chi connectivity index (χ3v) is 4.24. The van der Waals surface area contributed by atoms with Crippen LogP contribution in [0.25, 0.3) is 5.69 Å². The molecule has 0 fully saturated rings. The van der Waals surface area contributed by atoms with E-state index in [9.17, 15) is 4.79 Å².